The van der Waals surface area contributed by atoms with Crippen LogP contribution in [0.2, 0.25) is 0 Å². The largest absolute Gasteiger partial charge is 0.459 e. The minimum atomic E-state index is -0.468. The quantitative estimate of drug-likeness (QED) is 0.553. The van der Waals surface area contributed by atoms with E-state index in [0.29, 0.717) is 18.3 Å². The standard InChI is InChI=1S/C23H38O5/c1-7-20(3,4)19(25)28-23-12-16-9-17(13-23)11-22(10-16,15-23)26-14-18(24)27-21(5,6)8-2/h16-17H,7-15H2,1-6H3. The van der Waals surface area contributed by atoms with E-state index in [9.17, 15) is 9.59 Å². The number of esters is 2. The molecule has 0 heterocycles. The number of ether oxygens (including phenoxy) is 3. The van der Waals surface area contributed by atoms with Crippen molar-refractivity contribution in [3.63, 3.8) is 0 Å². The third-order valence-electron chi connectivity index (χ3n) is 7.44. The average Bonchev–Trinajstić information content (AvgIpc) is 2.58. The van der Waals surface area contributed by atoms with Crippen LogP contribution in [0.4, 0.5) is 0 Å². The SMILES string of the molecule is CCC(C)(C)OC(=O)COC12CC3CC(C1)CC(OC(=O)C(C)(C)CC)(C3)C2. The molecule has 4 bridgehead atoms. The van der Waals surface area contributed by atoms with Crippen LogP contribution >= 0.6 is 0 Å². The predicted molar refractivity (Wildman–Crippen MR) is 107 cm³/mol. The summed E-state index contributed by atoms with van der Waals surface area (Å²) in [5.41, 5.74) is -1.70. The number of hydrogen-bond donors (Lipinski definition) is 0. The smallest absolute Gasteiger partial charge is 0.332 e. The van der Waals surface area contributed by atoms with Crippen molar-refractivity contribution in [2.24, 2.45) is 17.3 Å². The van der Waals surface area contributed by atoms with Gasteiger partial charge in [0.1, 0.15) is 17.8 Å². The molecular weight excluding hydrogens is 356 g/mol. The summed E-state index contributed by atoms with van der Waals surface area (Å²) < 4.78 is 18.0. The highest BCUT2D eigenvalue weighted by Gasteiger charge is 2.61. The molecule has 0 saturated heterocycles. The maximum atomic E-state index is 12.8. The average molecular weight is 395 g/mol. The van der Waals surface area contributed by atoms with Crippen LogP contribution in [0.3, 0.4) is 0 Å². The zero-order chi connectivity index (χ0) is 20.8. The molecule has 5 heteroatoms. The van der Waals surface area contributed by atoms with Crippen LogP contribution in [0.25, 0.3) is 0 Å². The van der Waals surface area contributed by atoms with Gasteiger partial charge in [-0.3, -0.25) is 4.79 Å². The fourth-order valence-electron chi connectivity index (χ4n) is 5.49. The maximum absolute atomic E-state index is 12.8. The van der Waals surface area contributed by atoms with Gasteiger partial charge in [0.2, 0.25) is 0 Å². The number of carbonyl (C=O) groups excluding carboxylic acids is 2. The van der Waals surface area contributed by atoms with Crippen molar-refractivity contribution < 1.29 is 23.8 Å². The summed E-state index contributed by atoms with van der Waals surface area (Å²) in [6.45, 7) is 11.7. The van der Waals surface area contributed by atoms with Crippen LogP contribution in [0.1, 0.15) is 92.9 Å². The Morgan fingerprint density at radius 2 is 1.50 bits per heavy atom. The Hall–Kier alpha value is -1.10. The molecular formula is C23H38O5. The normalized spacial score (nSPS) is 34.4. The van der Waals surface area contributed by atoms with Gasteiger partial charge in [-0.1, -0.05) is 13.8 Å². The van der Waals surface area contributed by atoms with Crippen molar-refractivity contribution in [3.8, 4) is 0 Å². The lowest BCUT2D eigenvalue weighted by atomic mass is 9.52. The molecule has 28 heavy (non-hydrogen) atoms. The molecule has 0 aromatic rings. The summed E-state index contributed by atoms with van der Waals surface area (Å²) in [5, 5.41) is 0. The molecule has 4 saturated carbocycles. The van der Waals surface area contributed by atoms with Gasteiger partial charge < -0.3 is 14.2 Å². The minimum Gasteiger partial charge on any atom is -0.459 e. The monoisotopic (exact) mass is 394 g/mol. The van der Waals surface area contributed by atoms with Gasteiger partial charge >= 0.3 is 11.9 Å². The number of carbonyl (C=O) groups is 2. The van der Waals surface area contributed by atoms with Crippen molar-refractivity contribution in [2.45, 2.75) is 110 Å². The Balaban J connectivity index is 1.68. The Kier molecular flexibility index (Phi) is 5.63. The zero-order valence-electron chi connectivity index (χ0n) is 18.6. The summed E-state index contributed by atoms with van der Waals surface area (Å²) in [4.78, 5) is 25.1. The van der Waals surface area contributed by atoms with Crippen molar-refractivity contribution in [1.29, 1.82) is 0 Å². The fourth-order valence-corrected chi connectivity index (χ4v) is 5.49. The molecule has 0 radical (unpaired) electrons. The summed E-state index contributed by atoms with van der Waals surface area (Å²) in [5.74, 6) is 0.626. The molecule has 4 fully saturated rings. The molecule has 0 spiro atoms. The molecule has 4 aliphatic carbocycles. The molecule has 2 unspecified atom stereocenters. The van der Waals surface area contributed by atoms with Gasteiger partial charge in [0.15, 0.2) is 0 Å². The van der Waals surface area contributed by atoms with Crippen molar-refractivity contribution in [2.75, 3.05) is 6.61 Å². The topological polar surface area (TPSA) is 61.8 Å². The zero-order valence-corrected chi connectivity index (χ0v) is 18.6. The van der Waals surface area contributed by atoms with E-state index < -0.39 is 16.6 Å². The third-order valence-corrected chi connectivity index (χ3v) is 7.44. The summed E-state index contributed by atoms with van der Waals surface area (Å²) >= 11 is 0. The lowest BCUT2D eigenvalue weighted by Gasteiger charge is -2.60. The van der Waals surface area contributed by atoms with Crippen LogP contribution in [0.15, 0.2) is 0 Å². The second kappa shape index (κ2) is 7.30. The molecule has 5 nitrogen and oxygen atoms in total. The molecule has 0 aromatic heterocycles. The third kappa shape index (κ3) is 4.39. The van der Waals surface area contributed by atoms with Crippen LogP contribution in [0.5, 0.6) is 0 Å². The van der Waals surface area contributed by atoms with Crippen molar-refractivity contribution >= 4 is 11.9 Å². The Labute approximate surface area is 169 Å². The second-order valence-electron chi connectivity index (χ2n) is 10.8. The van der Waals surface area contributed by atoms with Gasteiger partial charge in [0.25, 0.3) is 0 Å². The van der Waals surface area contributed by atoms with E-state index in [1.807, 2.05) is 41.5 Å². The van der Waals surface area contributed by atoms with Gasteiger partial charge in [-0.2, -0.15) is 0 Å². The first-order valence-electron chi connectivity index (χ1n) is 11.0. The highest BCUT2D eigenvalue weighted by Crippen LogP contribution is 2.60. The van der Waals surface area contributed by atoms with Gasteiger partial charge in [-0.05, 0) is 84.5 Å². The van der Waals surface area contributed by atoms with E-state index in [2.05, 4.69) is 0 Å². The summed E-state index contributed by atoms with van der Waals surface area (Å²) in [7, 11) is 0. The molecule has 2 atom stereocenters. The molecule has 0 N–H and O–H groups in total. The highest BCUT2D eigenvalue weighted by atomic mass is 16.6. The fraction of sp³-hybridized carbons (Fsp3) is 0.913. The first-order chi connectivity index (χ1) is 12.9. The van der Waals surface area contributed by atoms with E-state index in [0.717, 1.165) is 38.5 Å². The minimum absolute atomic E-state index is 0.0205. The molecule has 4 aliphatic rings. The molecule has 160 valence electrons. The Bertz CT molecular complexity index is 606. The number of hydrogen-bond acceptors (Lipinski definition) is 5. The molecule has 4 rings (SSSR count). The van der Waals surface area contributed by atoms with Gasteiger partial charge in [0, 0.05) is 6.42 Å². The Morgan fingerprint density at radius 1 is 0.929 bits per heavy atom. The second-order valence-corrected chi connectivity index (χ2v) is 10.8. The van der Waals surface area contributed by atoms with E-state index in [1.54, 1.807) is 0 Å². The van der Waals surface area contributed by atoms with Crippen molar-refractivity contribution in [1.82, 2.24) is 0 Å². The van der Waals surface area contributed by atoms with E-state index in [-0.39, 0.29) is 24.1 Å². The number of rotatable bonds is 8. The van der Waals surface area contributed by atoms with Gasteiger partial charge in [0.05, 0.1) is 11.0 Å². The lowest BCUT2D eigenvalue weighted by Crippen LogP contribution is -2.62. The summed E-state index contributed by atoms with van der Waals surface area (Å²) in [6.07, 6.45) is 7.23. The van der Waals surface area contributed by atoms with Gasteiger partial charge in [-0.15, -0.1) is 0 Å². The van der Waals surface area contributed by atoms with Gasteiger partial charge in [-0.25, -0.2) is 4.79 Å². The first kappa shape index (κ1) is 21.6. The molecule has 0 aliphatic heterocycles. The van der Waals surface area contributed by atoms with Crippen LogP contribution in [-0.2, 0) is 23.8 Å². The predicted octanol–water partition coefficient (Wildman–Crippen LogP) is 4.81. The summed E-state index contributed by atoms with van der Waals surface area (Å²) in [6, 6.07) is 0. The van der Waals surface area contributed by atoms with Crippen LogP contribution in [-0.4, -0.2) is 35.3 Å². The van der Waals surface area contributed by atoms with E-state index in [1.165, 1.54) is 6.42 Å². The van der Waals surface area contributed by atoms with Crippen LogP contribution in [0, 0.1) is 17.3 Å². The highest BCUT2D eigenvalue weighted by molar-refractivity contribution is 5.76. The molecule has 0 aromatic carbocycles. The van der Waals surface area contributed by atoms with Crippen molar-refractivity contribution in [3.05, 3.63) is 0 Å². The molecule has 0 amide bonds. The van der Waals surface area contributed by atoms with E-state index in [4.69, 9.17) is 14.2 Å². The first-order valence-corrected chi connectivity index (χ1v) is 11.0. The van der Waals surface area contributed by atoms with Crippen LogP contribution < -0.4 is 0 Å². The maximum Gasteiger partial charge on any atom is 0.332 e. The Morgan fingerprint density at radius 3 is 2.04 bits per heavy atom. The lowest BCUT2D eigenvalue weighted by molar-refractivity contribution is -0.240. The van der Waals surface area contributed by atoms with E-state index >= 15 is 0 Å².